The highest BCUT2D eigenvalue weighted by atomic mass is 35.5. The van der Waals surface area contributed by atoms with Crippen molar-refractivity contribution in [2.24, 2.45) is 0 Å². The number of methoxy groups -OCH3 is 1. The van der Waals surface area contributed by atoms with E-state index >= 15 is 0 Å². The topological polar surface area (TPSA) is 115 Å². The number of nitrogens with one attached hydrogen (secondary N) is 2. The molecule has 0 atom stereocenters. The van der Waals surface area contributed by atoms with E-state index in [-0.39, 0.29) is 34.8 Å². The van der Waals surface area contributed by atoms with E-state index in [9.17, 15) is 9.59 Å². The standard InChI is InChI=1S/C19H23Cl2N5O4S/c1-10-16(31-11-6-7-22-14(21)12(11)20)26-13(17(27)29-5)15(25-10)23-8-9-24-18(28)30-19(2,3)4/h6-7H,8-9H2,1-5H3,(H,23,25)(H,24,28). The number of ether oxygens (including phenoxy) is 2. The summed E-state index contributed by atoms with van der Waals surface area (Å²) >= 11 is 13.4. The fraction of sp³-hybridized carbons (Fsp3) is 0.421. The summed E-state index contributed by atoms with van der Waals surface area (Å²) in [5, 5.41) is 6.52. The van der Waals surface area contributed by atoms with Crippen LogP contribution in [0.1, 0.15) is 37.0 Å². The number of halogens is 2. The van der Waals surface area contributed by atoms with Crippen LogP contribution in [-0.2, 0) is 9.47 Å². The molecule has 0 saturated heterocycles. The third-order valence-corrected chi connectivity index (χ3v) is 5.53. The zero-order valence-corrected chi connectivity index (χ0v) is 20.0. The summed E-state index contributed by atoms with van der Waals surface area (Å²) in [5.41, 5.74) is -0.0264. The molecule has 0 aliphatic rings. The Balaban J connectivity index is 2.15. The number of aromatic nitrogens is 3. The monoisotopic (exact) mass is 487 g/mol. The van der Waals surface area contributed by atoms with Gasteiger partial charge in [0.2, 0.25) is 0 Å². The number of pyridine rings is 1. The minimum absolute atomic E-state index is 0.00384. The van der Waals surface area contributed by atoms with E-state index in [1.54, 1.807) is 33.8 Å². The minimum Gasteiger partial charge on any atom is -0.464 e. The zero-order chi connectivity index (χ0) is 23.2. The summed E-state index contributed by atoms with van der Waals surface area (Å²) in [6.07, 6.45) is 0.984. The second-order valence-electron chi connectivity index (χ2n) is 7.17. The van der Waals surface area contributed by atoms with Crippen molar-refractivity contribution in [1.29, 1.82) is 0 Å². The average molecular weight is 488 g/mol. The average Bonchev–Trinajstić information content (AvgIpc) is 2.68. The van der Waals surface area contributed by atoms with E-state index in [4.69, 9.17) is 32.7 Å². The first-order valence-electron chi connectivity index (χ1n) is 9.17. The number of hydrogen-bond acceptors (Lipinski definition) is 9. The molecule has 2 rings (SSSR count). The molecule has 9 nitrogen and oxygen atoms in total. The molecule has 0 bridgehead atoms. The number of nitrogens with zero attached hydrogens (tertiary/aromatic N) is 3. The number of aryl methyl sites for hydroxylation is 1. The number of esters is 1. The van der Waals surface area contributed by atoms with Gasteiger partial charge in [-0.3, -0.25) is 0 Å². The molecule has 2 heterocycles. The molecule has 0 saturated carbocycles. The van der Waals surface area contributed by atoms with Crippen molar-refractivity contribution in [3.63, 3.8) is 0 Å². The van der Waals surface area contributed by atoms with E-state index in [2.05, 4.69) is 25.6 Å². The predicted octanol–water partition coefficient (Wildman–Crippen LogP) is 4.36. The fourth-order valence-corrected chi connectivity index (χ4v) is 3.50. The summed E-state index contributed by atoms with van der Waals surface area (Å²) in [5.74, 6) is -0.422. The van der Waals surface area contributed by atoms with Crippen LogP contribution in [0.2, 0.25) is 10.2 Å². The molecular weight excluding hydrogens is 465 g/mol. The van der Waals surface area contributed by atoms with Crippen LogP contribution in [0.4, 0.5) is 10.6 Å². The van der Waals surface area contributed by atoms with Crippen LogP contribution in [0, 0.1) is 6.92 Å². The lowest BCUT2D eigenvalue weighted by Gasteiger charge is -2.19. The maximum atomic E-state index is 12.2. The maximum Gasteiger partial charge on any atom is 0.407 e. The number of hydrogen-bond donors (Lipinski definition) is 2. The zero-order valence-electron chi connectivity index (χ0n) is 17.7. The highest BCUT2D eigenvalue weighted by molar-refractivity contribution is 7.99. The highest BCUT2D eigenvalue weighted by Gasteiger charge is 2.20. The Kier molecular flexibility index (Phi) is 8.72. The first-order chi connectivity index (χ1) is 14.5. The molecule has 2 aromatic heterocycles. The highest BCUT2D eigenvalue weighted by Crippen LogP contribution is 2.36. The van der Waals surface area contributed by atoms with Crippen molar-refractivity contribution in [2.75, 3.05) is 25.5 Å². The van der Waals surface area contributed by atoms with Gasteiger partial charge in [-0.05, 0) is 33.8 Å². The Morgan fingerprint density at radius 1 is 1.19 bits per heavy atom. The number of alkyl carbamates (subject to hydrolysis) is 1. The van der Waals surface area contributed by atoms with Crippen molar-refractivity contribution in [2.45, 2.75) is 43.2 Å². The van der Waals surface area contributed by atoms with Crippen LogP contribution in [-0.4, -0.2) is 52.8 Å². The van der Waals surface area contributed by atoms with Crippen molar-refractivity contribution in [3.8, 4) is 0 Å². The number of carbonyl (C=O) groups is 2. The molecule has 2 N–H and O–H groups in total. The molecule has 0 fully saturated rings. The molecule has 1 amide bonds. The van der Waals surface area contributed by atoms with E-state index in [0.29, 0.717) is 15.6 Å². The summed E-state index contributed by atoms with van der Waals surface area (Å²) in [6, 6.07) is 1.69. The van der Waals surface area contributed by atoms with Gasteiger partial charge in [0.25, 0.3) is 0 Å². The van der Waals surface area contributed by atoms with Crippen LogP contribution < -0.4 is 10.6 Å². The molecule has 168 valence electrons. The van der Waals surface area contributed by atoms with Gasteiger partial charge in [0.15, 0.2) is 11.5 Å². The van der Waals surface area contributed by atoms with Crippen LogP contribution in [0.5, 0.6) is 0 Å². The Bertz CT molecular complexity index is 969. The van der Waals surface area contributed by atoms with Crippen molar-refractivity contribution >= 4 is 52.8 Å². The lowest BCUT2D eigenvalue weighted by atomic mass is 10.2. The molecule has 0 unspecified atom stereocenters. The lowest BCUT2D eigenvalue weighted by Crippen LogP contribution is -2.35. The van der Waals surface area contributed by atoms with Crippen molar-refractivity contribution < 1.29 is 19.1 Å². The Morgan fingerprint density at radius 3 is 2.55 bits per heavy atom. The number of anilines is 1. The fourth-order valence-electron chi connectivity index (χ4n) is 2.21. The summed E-state index contributed by atoms with van der Waals surface area (Å²) in [6.45, 7) is 7.61. The summed E-state index contributed by atoms with van der Waals surface area (Å²) in [4.78, 5) is 37.3. The number of carbonyl (C=O) groups excluding carboxylic acids is 2. The molecule has 2 aromatic rings. The van der Waals surface area contributed by atoms with Gasteiger partial charge in [0.1, 0.15) is 15.8 Å². The maximum absolute atomic E-state index is 12.2. The summed E-state index contributed by atoms with van der Waals surface area (Å²) < 4.78 is 10.00. The van der Waals surface area contributed by atoms with Gasteiger partial charge in [-0.15, -0.1) is 0 Å². The third-order valence-electron chi connectivity index (χ3n) is 3.51. The largest absolute Gasteiger partial charge is 0.464 e. The van der Waals surface area contributed by atoms with Gasteiger partial charge in [-0.2, -0.15) is 0 Å². The van der Waals surface area contributed by atoms with Gasteiger partial charge < -0.3 is 20.1 Å². The van der Waals surface area contributed by atoms with E-state index in [1.807, 2.05) is 0 Å². The molecule has 12 heteroatoms. The second kappa shape index (κ2) is 10.8. The smallest absolute Gasteiger partial charge is 0.407 e. The predicted molar refractivity (Wildman–Crippen MR) is 119 cm³/mol. The molecule has 0 aromatic carbocycles. The van der Waals surface area contributed by atoms with Crippen LogP contribution in [0.25, 0.3) is 0 Å². The van der Waals surface area contributed by atoms with Crippen LogP contribution >= 0.6 is 35.0 Å². The van der Waals surface area contributed by atoms with E-state index in [0.717, 1.165) is 0 Å². The van der Waals surface area contributed by atoms with Gasteiger partial charge in [-0.25, -0.2) is 24.5 Å². The lowest BCUT2D eigenvalue weighted by molar-refractivity contribution is 0.0528. The van der Waals surface area contributed by atoms with E-state index in [1.165, 1.54) is 25.1 Å². The van der Waals surface area contributed by atoms with E-state index < -0.39 is 17.7 Å². The molecule has 31 heavy (non-hydrogen) atoms. The van der Waals surface area contributed by atoms with Crippen molar-refractivity contribution in [1.82, 2.24) is 20.3 Å². The number of amides is 1. The Labute approximate surface area is 194 Å². The molecule has 0 spiro atoms. The Morgan fingerprint density at radius 2 is 1.90 bits per heavy atom. The third kappa shape index (κ3) is 7.41. The van der Waals surface area contributed by atoms with Crippen LogP contribution in [0.15, 0.2) is 22.2 Å². The molecule has 0 aliphatic heterocycles. The first-order valence-corrected chi connectivity index (χ1v) is 10.7. The minimum atomic E-state index is -0.657. The quantitative estimate of drug-likeness (QED) is 0.333. The number of rotatable bonds is 7. The normalized spacial score (nSPS) is 11.1. The SMILES string of the molecule is COC(=O)c1nc(Sc2ccnc(Cl)c2Cl)c(C)nc1NCCNC(=O)OC(C)(C)C. The molecular formula is C19H23Cl2N5O4S. The summed E-state index contributed by atoms with van der Waals surface area (Å²) in [7, 11) is 1.25. The Hall–Kier alpha value is -2.30. The molecule has 0 aliphatic carbocycles. The molecule has 0 radical (unpaired) electrons. The van der Waals surface area contributed by atoms with Gasteiger partial charge in [0.05, 0.1) is 17.8 Å². The first kappa shape index (κ1) is 25.0. The van der Waals surface area contributed by atoms with Gasteiger partial charge in [0, 0.05) is 24.2 Å². The second-order valence-corrected chi connectivity index (χ2v) is 8.94. The van der Waals surface area contributed by atoms with Gasteiger partial charge in [-0.1, -0.05) is 35.0 Å². The van der Waals surface area contributed by atoms with Gasteiger partial charge >= 0.3 is 12.1 Å². The van der Waals surface area contributed by atoms with Crippen molar-refractivity contribution in [3.05, 3.63) is 33.8 Å². The van der Waals surface area contributed by atoms with Crippen LogP contribution in [0.3, 0.4) is 0 Å².